The lowest BCUT2D eigenvalue weighted by molar-refractivity contribution is -0.146. The molecule has 2 aromatic rings. The average Bonchev–Trinajstić information content (AvgIpc) is 2.89. The van der Waals surface area contributed by atoms with E-state index < -0.39 is 0 Å². The van der Waals surface area contributed by atoms with Gasteiger partial charge in [0.15, 0.2) is 5.78 Å². The summed E-state index contributed by atoms with van der Waals surface area (Å²) in [7, 11) is 0. The number of Topliss-reactive ketones (excluding diaryl/α,β-unsaturated/α-hetero) is 1. The van der Waals surface area contributed by atoms with Crippen molar-refractivity contribution >= 4 is 23.5 Å². The van der Waals surface area contributed by atoms with Crippen LogP contribution in [-0.4, -0.2) is 17.5 Å². The van der Waals surface area contributed by atoms with Crippen molar-refractivity contribution in [2.45, 2.75) is 50.0 Å². The van der Waals surface area contributed by atoms with Gasteiger partial charge in [-0.05, 0) is 48.9 Å². The third-order valence-electron chi connectivity index (χ3n) is 6.05. The second-order valence-corrected chi connectivity index (χ2v) is 8.96. The van der Waals surface area contributed by atoms with E-state index in [9.17, 15) is 9.59 Å². The molecule has 0 radical (unpaired) electrons. The fourth-order valence-corrected chi connectivity index (χ4v) is 5.61. The first kappa shape index (κ1) is 19.3. The van der Waals surface area contributed by atoms with E-state index in [0.717, 1.165) is 46.6 Å². The summed E-state index contributed by atoms with van der Waals surface area (Å²) in [5, 5.41) is 0. The number of carbonyl (C=O) groups excluding carboxylic acids is 2. The molecule has 0 aromatic heterocycles. The highest BCUT2D eigenvalue weighted by Gasteiger charge is 2.35. The minimum atomic E-state index is -0.352. The maximum Gasteiger partial charge on any atom is 0.313 e. The van der Waals surface area contributed by atoms with E-state index in [1.807, 2.05) is 55.5 Å². The molecule has 0 saturated heterocycles. The maximum atomic E-state index is 13.0. The zero-order valence-corrected chi connectivity index (χ0v) is 17.0. The van der Waals surface area contributed by atoms with Gasteiger partial charge in [0.2, 0.25) is 0 Å². The number of fused-ring (bicyclic) bond motifs is 2. The lowest BCUT2D eigenvalue weighted by Gasteiger charge is -2.28. The smallest absolute Gasteiger partial charge is 0.313 e. The van der Waals surface area contributed by atoms with Crippen molar-refractivity contribution in [3.8, 4) is 0 Å². The normalized spacial score (nSPS) is 22.5. The molecule has 146 valence electrons. The Morgan fingerprint density at radius 3 is 2.75 bits per heavy atom. The van der Waals surface area contributed by atoms with E-state index in [1.165, 1.54) is 6.42 Å². The summed E-state index contributed by atoms with van der Waals surface area (Å²) in [5.41, 5.74) is 2.74. The molecule has 0 N–H and O–H groups in total. The molecule has 1 aliphatic heterocycles. The first-order valence-corrected chi connectivity index (χ1v) is 11.1. The molecule has 3 nitrogen and oxygen atoms in total. The molecule has 4 rings (SSSR count). The Morgan fingerprint density at radius 1 is 1.14 bits per heavy atom. The maximum absolute atomic E-state index is 13.0. The lowest BCUT2D eigenvalue weighted by Crippen LogP contribution is -2.27. The van der Waals surface area contributed by atoms with Crippen LogP contribution < -0.4 is 0 Å². The van der Waals surface area contributed by atoms with Gasteiger partial charge in [0.1, 0.15) is 6.61 Å². The minimum absolute atomic E-state index is 0.182. The van der Waals surface area contributed by atoms with Crippen LogP contribution in [0.5, 0.6) is 0 Å². The molecule has 1 saturated carbocycles. The van der Waals surface area contributed by atoms with E-state index >= 15 is 0 Å². The van der Waals surface area contributed by atoms with Gasteiger partial charge in [0.25, 0.3) is 0 Å². The van der Waals surface area contributed by atoms with Crippen molar-refractivity contribution in [3.63, 3.8) is 0 Å². The third kappa shape index (κ3) is 4.02. The van der Waals surface area contributed by atoms with Crippen molar-refractivity contribution in [1.82, 2.24) is 0 Å². The van der Waals surface area contributed by atoms with Crippen LogP contribution in [0.25, 0.3) is 0 Å². The molecule has 2 aromatic carbocycles. The minimum Gasteiger partial charge on any atom is -0.460 e. The summed E-state index contributed by atoms with van der Waals surface area (Å²) < 4.78 is 5.50. The molecule has 0 bridgehead atoms. The van der Waals surface area contributed by atoms with Crippen LogP contribution >= 0.6 is 11.8 Å². The molecule has 0 amide bonds. The van der Waals surface area contributed by atoms with Crippen LogP contribution in [0.4, 0.5) is 0 Å². The quantitative estimate of drug-likeness (QED) is 0.631. The van der Waals surface area contributed by atoms with Gasteiger partial charge in [-0.1, -0.05) is 49.2 Å². The Bertz CT molecular complexity index is 861. The second-order valence-electron chi connectivity index (χ2n) is 7.90. The second kappa shape index (κ2) is 8.52. The molecule has 1 heterocycles. The summed E-state index contributed by atoms with van der Waals surface area (Å²) in [6.45, 7) is 2.16. The van der Waals surface area contributed by atoms with Gasteiger partial charge in [-0.3, -0.25) is 9.59 Å². The highest BCUT2D eigenvalue weighted by Crippen LogP contribution is 2.42. The number of benzene rings is 2. The molecule has 3 atom stereocenters. The summed E-state index contributed by atoms with van der Waals surface area (Å²) in [6.07, 6.45) is 4.58. The predicted octanol–water partition coefficient (Wildman–Crippen LogP) is 5.63. The SMILES string of the molecule is CC(C(=O)OCc1ccccc1)c1ccc2c(c1)SC[C@@H]1CCCC[C@H]1C2=O. The summed E-state index contributed by atoms with van der Waals surface area (Å²) in [5.74, 6) is 1.39. The molecule has 1 fully saturated rings. The van der Waals surface area contributed by atoms with Gasteiger partial charge in [0.05, 0.1) is 5.92 Å². The first-order valence-electron chi connectivity index (χ1n) is 10.1. The number of thioether (sulfide) groups is 1. The standard InChI is InChI=1S/C24H26O3S/c1-16(24(26)27-14-17-7-3-2-4-8-17)18-11-12-21-22(13-18)28-15-19-9-5-6-10-20(19)23(21)25/h2-4,7-8,11-13,16,19-20H,5-6,9-10,14-15H2,1H3/t16?,19-,20+/m0/s1. The number of rotatable bonds is 4. The van der Waals surface area contributed by atoms with Gasteiger partial charge >= 0.3 is 5.97 Å². The molecular weight excluding hydrogens is 368 g/mol. The van der Waals surface area contributed by atoms with Crippen LogP contribution in [0.15, 0.2) is 53.4 Å². The Morgan fingerprint density at radius 2 is 1.93 bits per heavy atom. The third-order valence-corrected chi connectivity index (χ3v) is 7.29. The van der Waals surface area contributed by atoms with Crippen molar-refractivity contribution in [3.05, 3.63) is 65.2 Å². The van der Waals surface area contributed by atoms with Crippen molar-refractivity contribution in [1.29, 1.82) is 0 Å². The van der Waals surface area contributed by atoms with Crippen LogP contribution in [-0.2, 0) is 16.1 Å². The highest BCUT2D eigenvalue weighted by molar-refractivity contribution is 7.99. The summed E-state index contributed by atoms with van der Waals surface area (Å²) >= 11 is 1.78. The van der Waals surface area contributed by atoms with Crippen molar-refractivity contribution in [2.75, 3.05) is 5.75 Å². The summed E-state index contributed by atoms with van der Waals surface area (Å²) in [4.78, 5) is 26.6. The van der Waals surface area contributed by atoms with Crippen molar-refractivity contribution in [2.24, 2.45) is 11.8 Å². The lowest BCUT2D eigenvalue weighted by atomic mass is 9.76. The van der Waals surface area contributed by atoms with Crippen molar-refractivity contribution < 1.29 is 14.3 Å². The highest BCUT2D eigenvalue weighted by atomic mass is 32.2. The van der Waals surface area contributed by atoms with Crippen LogP contribution in [0.1, 0.15) is 60.0 Å². The zero-order valence-electron chi connectivity index (χ0n) is 16.2. The molecule has 28 heavy (non-hydrogen) atoms. The van der Waals surface area contributed by atoms with Gasteiger partial charge in [0, 0.05) is 22.1 Å². The molecule has 0 spiro atoms. The molecule has 1 aliphatic carbocycles. The molecule has 1 unspecified atom stereocenters. The van der Waals surface area contributed by atoms with E-state index in [4.69, 9.17) is 4.74 Å². The average molecular weight is 395 g/mol. The number of carbonyl (C=O) groups is 2. The summed E-state index contributed by atoms with van der Waals surface area (Å²) in [6, 6.07) is 15.6. The Balaban J connectivity index is 1.48. The Kier molecular flexibility index (Phi) is 5.86. The van der Waals surface area contributed by atoms with Gasteiger partial charge in [-0.25, -0.2) is 0 Å². The first-order chi connectivity index (χ1) is 13.6. The van der Waals surface area contributed by atoms with Crippen LogP contribution in [0.2, 0.25) is 0 Å². The molecule has 2 aliphatic rings. The van der Waals surface area contributed by atoms with Gasteiger partial charge < -0.3 is 4.74 Å². The number of hydrogen-bond acceptors (Lipinski definition) is 4. The zero-order chi connectivity index (χ0) is 19.5. The van der Waals surface area contributed by atoms with Crippen LogP contribution in [0.3, 0.4) is 0 Å². The van der Waals surface area contributed by atoms with Gasteiger partial charge in [-0.15, -0.1) is 11.8 Å². The molecule has 4 heteroatoms. The Labute approximate surface area is 170 Å². The number of ether oxygens (including phenoxy) is 1. The van der Waals surface area contributed by atoms with E-state index in [-0.39, 0.29) is 24.4 Å². The Hall–Kier alpha value is -2.07. The number of ketones is 1. The van der Waals surface area contributed by atoms with E-state index in [0.29, 0.717) is 11.7 Å². The largest absolute Gasteiger partial charge is 0.460 e. The fraction of sp³-hybridized carbons (Fsp3) is 0.417. The number of esters is 1. The van der Waals surface area contributed by atoms with Gasteiger partial charge in [-0.2, -0.15) is 0 Å². The van der Waals surface area contributed by atoms with E-state index in [1.54, 1.807) is 11.8 Å². The number of hydrogen-bond donors (Lipinski definition) is 0. The van der Waals surface area contributed by atoms with Crippen LogP contribution in [0, 0.1) is 11.8 Å². The monoisotopic (exact) mass is 394 g/mol. The molecular formula is C24H26O3S. The predicted molar refractivity (Wildman–Crippen MR) is 112 cm³/mol. The fourth-order valence-electron chi connectivity index (χ4n) is 4.27. The van der Waals surface area contributed by atoms with E-state index in [2.05, 4.69) is 0 Å². The topological polar surface area (TPSA) is 43.4 Å².